The van der Waals surface area contributed by atoms with Gasteiger partial charge in [0.1, 0.15) is 0 Å². The van der Waals surface area contributed by atoms with Crippen LogP contribution in [0.1, 0.15) is 297 Å². The number of hydrogen-bond acceptors (Lipinski definition) is 3. The van der Waals surface area contributed by atoms with E-state index in [2.05, 4.69) is 25.7 Å². The van der Waals surface area contributed by atoms with Crippen molar-refractivity contribution in [3.63, 3.8) is 0 Å². The predicted octanol–water partition coefficient (Wildman–Crippen LogP) is 13.2. The molecular formula is C50H100KNO2. The zero-order valence-corrected chi connectivity index (χ0v) is 41.3. The second kappa shape index (κ2) is 50.2. The summed E-state index contributed by atoms with van der Waals surface area (Å²) in [5, 5.41) is 11.0. The van der Waals surface area contributed by atoms with Gasteiger partial charge >= 0.3 is 51.4 Å². The molecular weight excluding hydrogens is 686 g/mol. The van der Waals surface area contributed by atoms with Gasteiger partial charge in [0.25, 0.3) is 0 Å². The molecule has 0 N–H and O–H groups in total. The molecule has 3 nitrogen and oxygen atoms in total. The Morgan fingerprint density at radius 2 is 0.574 bits per heavy atom. The van der Waals surface area contributed by atoms with Crippen LogP contribution in [0.4, 0.5) is 0 Å². The van der Waals surface area contributed by atoms with E-state index in [0.29, 0.717) is 6.04 Å². The van der Waals surface area contributed by atoms with Crippen molar-refractivity contribution in [3.05, 3.63) is 0 Å². The normalized spacial score (nSPS) is 12.1. The molecule has 0 aliphatic rings. The van der Waals surface area contributed by atoms with Crippen LogP contribution in [0.15, 0.2) is 0 Å². The largest absolute Gasteiger partial charge is 1.00 e. The number of carboxylic acid groups (broad SMARTS) is 1. The first-order chi connectivity index (χ1) is 26.1. The van der Waals surface area contributed by atoms with E-state index in [0.717, 1.165) is 12.8 Å². The maximum Gasteiger partial charge on any atom is 1.00 e. The molecule has 1 atom stereocenters. The summed E-state index contributed by atoms with van der Waals surface area (Å²) >= 11 is 0. The van der Waals surface area contributed by atoms with E-state index in [1.807, 2.05) is 0 Å². The van der Waals surface area contributed by atoms with Gasteiger partial charge in [0.2, 0.25) is 0 Å². The first-order valence-electron chi connectivity index (χ1n) is 25.1. The molecule has 4 heteroatoms. The number of carbonyl (C=O) groups is 1. The number of nitrogens with zero attached hydrogens (tertiary/aromatic N) is 1. The maximum atomic E-state index is 11.0. The number of unbranched alkanes of at least 4 members (excludes halogenated alkanes) is 38. The fourth-order valence-corrected chi connectivity index (χ4v) is 8.42. The van der Waals surface area contributed by atoms with E-state index in [9.17, 15) is 9.90 Å². The van der Waals surface area contributed by atoms with Crippen LogP contribution in [-0.2, 0) is 4.79 Å². The molecule has 0 aliphatic carbocycles. The van der Waals surface area contributed by atoms with E-state index in [1.165, 1.54) is 270 Å². The maximum absolute atomic E-state index is 11.0. The first kappa shape index (κ1) is 57.2. The van der Waals surface area contributed by atoms with Crippen molar-refractivity contribution in [2.75, 3.05) is 13.1 Å². The Kier molecular flexibility index (Phi) is 53.1. The molecule has 0 aromatic heterocycles. The van der Waals surface area contributed by atoms with Crippen LogP contribution < -0.4 is 56.5 Å². The van der Waals surface area contributed by atoms with Crippen LogP contribution in [0.25, 0.3) is 0 Å². The van der Waals surface area contributed by atoms with Gasteiger partial charge < -0.3 is 14.8 Å². The SMILES string of the molecule is CCCCCCCCCCCCCCCCCCCCCCN(CCCCCCCCCCCCCCCCCCCCCC)C(C)CCCC(=O)[O-].[K+]. The second-order valence-electron chi connectivity index (χ2n) is 17.6. The van der Waals surface area contributed by atoms with E-state index < -0.39 is 5.97 Å². The Bertz CT molecular complexity index is 644. The predicted molar refractivity (Wildman–Crippen MR) is 236 cm³/mol. The molecule has 0 saturated carbocycles. The minimum absolute atomic E-state index is 0. The van der Waals surface area contributed by atoms with Crippen LogP contribution in [0, 0.1) is 0 Å². The Hall–Kier alpha value is 1.07. The molecule has 0 radical (unpaired) electrons. The van der Waals surface area contributed by atoms with Crippen molar-refractivity contribution in [1.29, 1.82) is 0 Å². The van der Waals surface area contributed by atoms with Gasteiger partial charge in [-0.3, -0.25) is 0 Å². The summed E-state index contributed by atoms with van der Waals surface area (Å²) in [5.41, 5.74) is 0. The molecule has 0 rings (SSSR count). The van der Waals surface area contributed by atoms with E-state index in [4.69, 9.17) is 0 Å². The molecule has 54 heavy (non-hydrogen) atoms. The summed E-state index contributed by atoms with van der Waals surface area (Å²) in [5.74, 6) is -0.896. The Labute approximate surface area is 384 Å². The topological polar surface area (TPSA) is 43.4 Å². The first-order valence-corrected chi connectivity index (χ1v) is 25.1. The fraction of sp³-hybridized carbons (Fsp3) is 0.980. The summed E-state index contributed by atoms with van der Waals surface area (Å²) in [7, 11) is 0. The number of rotatable bonds is 47. The smallest absolute Gasteiger partial charge is 0.550 e. The molecule has 0 aromatic carbocycles. The van der Waals surface area contributed by atoms with Gasteiger partial charge in [-0.1, -0.05) is 258 Å². The molecule has 0 fully saturated rings. The Morgan fingerprint density at radius 1 is 0.370 bits per heavy atom. The van der Waals surface area contributed by atoms with Gasteiger partial charge in [0.05, 0.1) is 0 Å². The van der Waals surface area contributed by atoms with Gasteiger partial charge in [-0.2, -0.15) is 0 Å². The molecule has 0 bridgehead atoms. The molecule has 0 aromatic rings. The Morgan fingerprint density at radius 3 is 0.778 bits per heavy atom. The molecule has 318 valence electrons. The van der Waals surface area contributed by atoms with E-state index in [-0.39, 0.29) is 57.8 Å². The van der Waals surface area contributed by atoms with Crippen molar-refractivity contribution < 1.29 is 61.3 Å². The molecule has 1 unspecified atom stereocenters. The summed E-state index contributed by atoms with van der Waals surface area (Å²) < 4.78 is 0. The van der Waals surface area contributed by atoms with Gasteiger partial charge in [0.15, 0.2) is 0 Å². The minimum Gasteiger partial charge on any atom is -0.550 e. The van der Waals surface area contributed by atoms with Crippen molar-refractivity contribution >= 4 is 5.97 Å². The zero-order chi connectivity index (χ0) is 38.6. The van der Waals surface area contributed by atoms with Gasteiger partial charge in [-0.05, 0) is 52.1 Å². The average Bonchev–Trinajstić information content (AvgIpc) is 3.15. The van der Waals surface area contributed by atoms with Gasteiger partial charge in [-0.25, -0.2) is 0 Å². The molecule has 0 saturated heterocycles. The van der Waals surface area contributed by atoms with Crippen molar-refractivity contribution in [2.45, 2.75) is 303 Å². The van der Waals surface area contributed by atoms with Crippen LogP contribution >= 0.6 is 0 Å². The summed E-state index contributed by atoms with van der Waals surface area (Å²) in [6.07, 6.45) is 59.0. The number of hydrogen-bond donors (Lipinski definition) is 0. The van der Waals surface area contributed by atoms with Crippen LogP contribution in [0.5, 0.6) is 0 Å². The van der Waals surface area contributed by atoms with Gasteiger partial charge in [0, 0.05) is 12.0 Å². The third kappa shape index (κ3) is 47.4. The number of carboxylic acids is 1. The Balaban J connectivity index is 0. The summed E-state index contributed by atoms with van der Waals surface area (Å²) in [4.78, 5) is 13.6. The summed E-state index contributed by atoms with van der Waals surface area (Å²) in [6, 6.07) is 0.481. The number of carbonyl (C=O) groups excluding carboxylic acids is 1. The molecule has 0 aliphatic heterocycles. The zero-order valence-electron chi connectivity index (χ0n) is 38.2. The monoisotopic (exact) mass is 786 g/mol. The van der Waals surface area contributed by atoms with Crippen LogP contribution in [-0.4, -0.2) is 30.0 Å². The third-order valence-corrected chi connectivity index (χ3v) is 12.2. The molecule has 0 spiro atoms. The van der Waals surface area contributed by atoms with Crippen LogP contribution in [0.2, 0.25) is 0 Å². The molecule has 0 heterocycles. The fourth-order valence-electron chi connectivity index (χ4n) is 8.42. The third-order valence-electron chi connectivity index (χ3n) is 12.2. The van der Waals surface area contributed by atoms with Crippen molar-refractivity contribution in [2.24, 2.45) is 0 Å². The average molecular weight is 786 g/mol. The second-order valence-corrected chi connectivity index (χ2v) is 17.6. The van der Waals surface area contributed by atoms with Crippen molar-refractivity contribution in [1.82, 2.24) is 4.90 Å². The molecule has 0 amide bonds. The standard InChI is InChI=1S/C50H101NO2.K/c1-4-6-8-10-12-14-16-18-20-22-24-26-28-30-32-34-36-38-40-42-47-51(49(3)45-44-46-50(52)53)48-43-41-39-37-35-33-31-29-27-25-23-21-19-17-15-13-11-9-7-5-2;/h49H,4-48H2,1-3H3,(H,52,53);/q;+1/p-1. The minimum atomic E-state index is -0.896. The van der Waals surface area contributed by atoms with E-state index in [1.54, 1.807) is 0 Å². The van der Waals surface area contributed by atoms with Crippen LogP contribution in [0.3, 0.4) is 0 Å². The van der Waals surface area contributed by atoms with E-state index >= 15 is 0 Å². The van der Waals surface area contributed by atoms with Gasteiger partial charge in [-0.15, -0.1) is 0 Å². The quantitative estimate of drug-likeness (QED) is 0.0456. The van der Waals surface area contributed by atoms with Crippen molar-refractivity contribution in [3.8, 4) is 0 Å². The summed E-state index contributed by atoms with van der Waals surface area (Å²) in [6.45, 7) is 9.30. The number of aliphatic carboxylic acids is 1.